The number of carbonyl (C=O) groups is 2. The van der Waals surface area contributed by atoms with E-state index in [1.165, 1.54) is 22.9 Å². The van der Waals surface area contributed by atoms with Crippen LogP contribution in [0.3, 0.4) is 0 Å². The molecule has 0 saturated carbocycles. The maximum atomic E-state index is 12.6. The summed E-state index contributed by atoms with van der Waals surface area (Å²) in [5.74, 6) is 0.424. The molecule has 1 aromatic heterocycles. The maximum Gasteiger partial charge on any atom is 0.411 e. The van der Waals surface area contributed by atoms with Crippen molar-refractivity contribution in [3.63, 3.8) is 0 Å². The molecule has 2 atom stereocenters. The standard InChI is InChI=1S/C21H22N4O3S/c26-18(13-29-20-22-8-3-9-23-20)24-10-6-15(7-11-24)25-19-16-5-2-1-4-14(16)12-17(19)28-21(25)27/h1-5,8-9,15,17,19H,6-7,10-13H2. The normalized spacial score (nSPS) is 23.7. The number of ether oxygens (including phenoxy) is 1. The van der Waals surface area contributed by atoms with Gasteiger partial charge < -0.3 is 9.64 Å². The fraction of sp³-hybridized carbons (Fsp3) is 0.429. The van der Waals surface area contributed by atoms with Gasteiger partial charge in [0.2, 0.25) is 5.91 Å². The quantitative estimate of drug-likeness (QED) is 0.570. The van der Waals surface area contributed by atoms with Crippen LogP contribution in [0.4, 0.5) is 4.79 Å². The first-order valence-corrected chi connectivity index (χ1v) is 10.9. The minimum Gasteiger partial charge on any atom is -0.443 e. The van der Waals surface area contributed by atoms with Crippen molar-refractivity contribution in [3.05, 3.63) is 53.9 Å². The van der Waals surface area contributed by atoms with Crippen LogP contribution in [0.5, 0.6) is 0 Å². The zero-order valence-electron chi connectivity index (χ0n) is 15.9. The van der Waals surface area contributed by atoms with Crippen molar-refractivity contribution >= 4 is 23.8 Å². The average Bonchev–Trinajstić information content (AvgIpc) is 3.27. The van der Waals surface area contributed by atoms with E-state index in [9.17, 15) is 9.59 Å². The summed E-state index contributed by atoms with van der Waals surface area (Å²) in [6.45, 7) is 1.31. The first kappa shape index (κ1) is 18.4. The molecule has 29 heavy (non-hydrogen) atoms. The lowest BCUT2D eigenvalue weighted by atomic mass is 9.99. The third-order valence-corrected chi connectivity index (χ3v) is 6.85. The summed E-state index contributed by atoms with van der Waals surface area (Å²) < 4.78 is 5.68. The van der Waals surface area contributed by atoms with Gasteiger partial charge in [-0.2, -0.15) is 0 Å². The fourth-order valence-electron chi connectivity index (χ4n) is 4.62. The van der Waals surface area contributed by atoms with Crippen molar-refractivity contribution in [2.75, 3.05) is 18.8 Å². The molecular weight excluding hydrogens is 388 g/mol. The largest absolute Gasteiger partial charge is 0.443 e. The third-order valence-electron chi connectivity index (χ3n) is 5.99. The van der Waals surface area contributed by atoms with E-state index in [0.717, 1.165) is 19.3 Å². The molecule has 2 amide bonds. The molecule has 3 heterocycles. The van der Waals surface area contributed by atoms with E-state index in [1.807, 2.05) is 21.9 Å². The Hall–Kier alpha value is -2.61. The van der Waals surface area contributed by atoms with Crippen molar-refractivity contribution in [2.45, 2.75) is 42.6 Å². The number of carbonyl (C=O) groups excluding carboxylic acids is 2. The highest BCUT2D eigenvalue weighted by atomic mass is 32.2. The fourth-order valence-corrected chi connectivity index (χ4v) is 5.33. The van der Waals surface area contributed by atoms with Crippen LogP contribution in [0.2, 0.25) is 0 Å². The van der Waals surface area contributed by atoms with E-state index in [1.54, 1.807) is 18.5 Å². The lowest BCUT2D eigenvalue weighted by Gasteiger charge is -2.37. The highest BCUT2D eigenvalue weighted by Gasteiger charge is 2.50. The molecule has 2 unspecified atom stereocenters. The van der Waals surface area contributed by atoms with E-state index in [2.05, 4.69) is 22.1 Å². The summed E-state index contributed by atoms with van der Waals surface area (Å²) in [4.78, 5) is 37.2. The van der Waals surface area contributed by atoms with Crippen molar-refractivity contribution in [3.8, 4) is 0 Å². The zero-order valence-corrected chi connectivity index (χ0v) is 16.8. The molecule has 1 aliphatic carbocycles. The van der Waals surface area contributed by atoms with Crippen LogP contribution in [0, 0.1) is 0 Å². The molecule has 150 valence electrons. The predicted molar refractivity (Wildman–Crippen MR) is 107 cm³/mol. The Kier molecular flexibility index (Phi) is 4.87. The van der Waals surface area contributed by atoms with E-state index in [4.69, 9.17) is 4.74 Å². The Morgan fingerprint density at radius 1 is 1.14 bits per heavy atom. The van der Waals surface area contributed by atoms with Crippen LogP contribution in [0.25, 0.3) is 0 Å². The molecule has 0 bridgehead atoms. The van der Waals surface area contributed by atoms with E-state index < -0.39 is 0 Å². The van der Waals surface area contributed by atoms with Gasteiger partial charge in [-0.25, -0.2) is 14.8 Å². The van der Waals surface area contributed by atoms with Crippen molar-refractivity contribution < 1.29 is 14.3 Å². The van der Waals surface area contributed by atoms with Gasteiger partial charge in [0.1, 0.15) is 6.10 Å². The Morgan fingerprint density at radius 3 is 2.69 bits per heavy atom. The summed E-state index contributed by atoms with van der Waals surface area (Å²) in [5.41, 5.74) is 2.48. The molecule has 5 rings (SSSR count). The molecule has 0 spiro atoms. The third kappa shape index (κ3) is 3.46. The van der Waals surface area contributed by atoms with Crippen molar-refractivity contribution in [1.82, 2.24) is 19.8 Å². The number of amides is 2. The monoisotopic (exact) mass is 410 g/mol. The van der Waals surface area contributed by atoms with Crippen LogP contribution in [-0.2, 0) is 16.0 Å². The maximum absolute atomic E-state index is 12.6. The lowest BCUT2D eigenvalue weighted by Crippen LogP contribution is -2.48. The minimum absolute atomic E-state index is 0.0109. The molecule has 2 aromatic rings. The highest BCUT2D eigenvalue weighted by molar-refractivity contribution is 7.99. The number of hydrogen-bond donors (Lipinski definition) is 0. The summed E-state index contributed by atoms with van der Waals surface area (Å²) in [6, 6.07) is 10.2. The van der Waals surface area contributed by atoms with Gasteiger partial charge in [-0.1, -0.05) is 36.0 Å². The molecular formula is C21H22N4O3S. The molecule has 3 aliphatic rings. The van der Waals surface area contributed by atoms with E-state index in [-0.39, 0.29) is 30.2 Å². The highest BCUT2D eigenvalue weighted by Crippen LogP contribution is 2.44. The van der Waals surface area contributed by atoms with Gasteiger partial charge in [-0.15, -0.1) is 0 Å². The Labute approximate surface area is 173 Å². The number of fused-ring (bicyclic) bond motifs is 3. The Balaban J connectivity index is 1.20. The number of nitrogens with zero attached hydrogens (tertiary/aromatic N) is 4. The molecule has 2 aliphatic heterocycles. The molecule has 2 saturated heterocycles. The minimum atomic E-state index is -0.212. The van der Waals surface area contributed by atoms with Crippen molar-refractivity contribution in [2.24, 2.45) is 0 Å². The Bertz CT molecular complexity index is 917. The first-order valence-electron chi connectivity index (χ1n) is 9.95. The molecule has 8 heteroatoms. The summed E-state index contributed by atoms with van der Waals surface area (Å²) in [7, 11) is 0. The number of likely N-dealkylation sites (tertiary alicyclic amines) is 1. The second kappa shape index (κ2) is 7.67. The van der Waals surface area contributed by atoms with E-state index >= 15 is 0 Å². The van der Waals surface area contributed by atoms with Crippen LogP contribution >= 0.6 is 11.8 Å². The molecule has 7 nitrogen and oxygen atoms in total. The summed E-state index contributed by atoms with van der Waals surface area (Å²) in [5, 5.41) is 0.612. The SMILES string of the molecule is O=C(CSc1ncccn1)N1CCC(N2C(=O)OC3Cc4ccccc4C32)CC1. The zero-order chi connectivity index (χ0) is 19.8. The number of rotatable bonds is 4. The molecule has 1 aromatic carbocycles. The number of piperidine rings is 1. The van der Waals surface area contributed by atoms with Crippen LogP contribution in [0.1, 0.15) is 30.0 Å². The number of benzene rings is 1. The second-order valence-electron chi connectivity index (χ2n) is 7.61. The van der Waals surface area contributed by atoms with Gasteiger partial charge in [0.15, 0.2) is 5.16 Å². The summed E-state index contributed by atoms with van der Waals surface area (Å²) in [6.07, 6.45) is 5.40. The van der Waals surface area contributed by atoms with Crippen molar-refractivity contribution in [1.29, 1.82) is 0 Å². The van der Waals surface area contributed by atoms with Gasteiger partial charge in [0, 0.05) is 37.9 Å². The van der Waals surface area contributed by atoms with Crippen LogP contribution in [0.15, 0.2) is 47.9 Å². The topological polar surface area (TPSA) is 75.6 Å². The van der Waals surface area contributed by atoms with Gasteiger partial charge in [-0.05, 0) is 30.0 Å². The van der Waals surface area contributed by atoms with E-state index in [0.29, 0.717) is 24.0 Å². The molecule has 0 N–H and O–H groups in total. The second-order valence-corrected chi connectivity index (χ2v) is 8.55. The Morgan fingerprint density at radius 2 is 1.90 bits per heavy atom. The lowest BCUT2D eigenvalue weighted by molar-refractivity contribution is -0.129. The van der Waals surface area contributed by atoms with Gasteiger partial charge in [-0.3, -0.25) is 9.69 Å². The number of thioether (sulfide) groups is 1. The van der Waals surface area contributed by atoms with Gasteiger partial charge in [0.25, 0.3) is 0 Å². The van der Waals surface area contributed by atoms with Crippen LogP contribution in [-0.4, -0.2) is 62.8 Å². The van der Waals surface area contributed by atoms with Gasteiger partial charge in [0.05, 0.1) is 11.8 Å². The molecule has 2 fully saturated rings. The number of aromatic nitrogens is 2. The predicted octanol–water partition coefficient (Wildman–Crippen LogP) is 2.68. The van der Waals surface area contributed by atoms with Crippen LogP contribution < -0.4 is 0 Å². The number of hydrogen-bond acceptors (Lipinski definition) is 6. The molecule has 0 radical (unpaired) electrons. The summed E-state index contributed by atoms with van der Waals surface area (Å²) >= 11 is 1.36. The van der Waals surface area contributed by atoms with Gasteiger partial charge >= 0.3 is 6.09 Å². The smallest absolute Gasteiger partial charge is 0.411 e. The first-order chi connectivity index (χ1) is 14.2. The average molecular weight is 410 g/mol.